The fourth-order valence-corrected chi connectivity index (χ4v) is 3.12. The van der Waals surface area contributed by atoms with Crippen molar-refractivity contribution in [3.63, 3.8) is 0 Å². The number of nitrogens with one attached hydrogen (secondary N) is 1. The maximum atomic E-state index is 11.4. The smallest absolute Gasteiger partial charge is 0.220 e. The first-order chi connectivity index (χ1) is 8.28. The molecule has 1 saturated heterocycles. The maximum absolute atomic E-state index is 11.4. The molecule has 0 unspecified atom stereocenters. The van der Waals surface area contributed by atoms with Crippen molar-refractivity contribution in [1.82, 2.24) is 5.32 Å². The number of carbonyl (C=O) groups is 1. The zero-order chi connectivity index (χ0) is 11.8. The SMILES string of the molecule is COc1ccc2c(c1)[C@@H]1CNC(=O)C[C@H]1CC2. The van der Waals surface area contributed by atoms with Crippen molar-refractivity contribution in [3.8, 4) is 5.75 Å². The standard InChI is InChI=1S/C14H17NO2/c1-17-11-5-4-9-2-3-10-6-14(16)15-8-13(10)12(9)7-11/h4-5,7,10,13H,2-3,6,8H2,1H3,(H,15,16)/t10-,13-/m1/s1. The summed E-state index contributed by atoms with van der Waals surface area (Å²) in [6.07, 6.45) is 2.91. The van der Waals surface area contributed by atoms with E-state index in [1.807, 2.05) is 6.07 Å². The van der Waals surface area contributed by atoms with Gasteiger partial charge in [-0.1, -0.05) is 6.07 Å². The van der Waals surface area contributed by atoms with E-state index in [1.54, 1.807) is 7.11 Å². The Morgan fingerprint density at radius 3 is 3.12 bits per heavy atom. The topological polar surface area (TPSA) is 38.3 Å². The molecule has 90 valence electrons. The van der Waals surface area contributed by atoms with Crippen molar-refractivity contribution in [2.75, 3.05) is 13.7 Å². The molecule has 3 rings (SSSR count). The van der Waals surface area contributed by atoms with Crippen LogP contribution in [0.3, 0.4) is 0 Å². The molecule has 3 nitrogen and oxygen atoms in total. The Labute approximate surface area is 101 Å². The van der Waals surface area contributed by atoms with E-state index >= 15 is 0 Å². The Morgan fingerprint density at radius 2 is 2.29 bits per heavy atom. The molecular weight excluding hydrogens is 214 g/mol. The highest BCUT2D eigenvalue weighted by Crippen LogP contribution is 2.40. The molecule has 2 aliphatic rings. The Morgan fingerprint density at radius 1 is 1.41 bits per heavy atom. The lowest BCUT2D eigenvalue weighted by Crippen LogP contribution is -2.41. The molecule has 17 heavy (non-hydrogen) atoms. The van der Waals surface area contributed by atoms with Gasteiger partial charge in [0.2, 0.25) is 5.91 Å². The summed E-state index contributed by atoms with van der Waals surface area (Å²) in [5.74, 6) is 2.12. The van der Waals surface area contributed by atoms with Gasteiger partial charge in [0.05, 0.1) is 7.11 Å². The third-order valence-electron chi connectivity index (χ3n) is 4.07. The molecule has 1 aliphatic heterocycles. The molecule has 1 amide bonds. The largest absolute Gasteiger partial charge is 0.497 e. The highest BCUT2D eigenvalue weighted by molar-refractivity contribution is 5.77. The number of hydrogen-bond donors (Lipinski definition) is 1. The van der Waals surface area contributed by atoms with Gasteiger partial charge in [-0.15, -0.1) is 0 Å². The number of methoxy groups -OCH3 is 1. The van der Waals surface area contributed by atoms with E-state index in [0.717, 1.165) is 25.1 Å². The molecule has 1 heterocycles. The van der Waals surface area contributed by atoms with Crippen LogP contribution in [0.4, 0.5) is 0 Å². The number of fused-ring (bicyclic) bond motifs is 3. The van der Waals surface area contributed by atoms with Crippen molar-refractivity contribution in [2.45, 2.75) is 25.2 Å². The molecule has 1 aromatic rings. The molecule has 1 aliphatic carbocycles. The number of benzene rings is 1. The highest BCUT2D eigenvalue weighted by atomic mass is 16.5. The molecule has 1 N–H and O–H groups in total. The lowest BCUT2D eigenvalue weighted by atomic mass is 9.72. The summed E-state index contributed by atoms with van der Waals surface area (Å²) in [5.41, 5.74) is 2.80. The van der Waals surface area contributed by atoms with E-state index in [1.165, 1.54) is 11.1 Å². The Kier molecular flexibility index (Phi) is 2.54. The fraction of sp³-hybridized carbons (Fsp3) is 0.500. The zero-order valence-electron chi connectivity index (χ0n) is 10.0. The van der Waals surface area contributed by atoms with Gasteiger partial charge in [-0.2, -0.15) is 0 Å². The Balaban J connectivity index is 1.97. The van der Waals surface area contributed by atoms with Crippen LogP contribution in [0.5, 0.6) is 5.75 Å². The second-order valence-electron chi connectivity index (χ2n) is 4.98. The van der Waals surface area contributed by atoms with Crippen LogP contribution >= 0.6 is 0 Å². The summed E-state index contributed by atoms with van der Waals surface area (Å²) in [4.78, 5) is 11.4. The fourth-order valence-electron chi connectivity index (χ4n) is 3.12. The third-order valence-corrected chi connectivity index (χ3v) is 4.07. The van der Waals surface area contributed by atoms with Gasteiger partial charge < -0.3 is 10.1 Å². The van der Waals surface area contributed by atoms with Crippen molar-refractivity contribution in [3.05, 3.63) is 29.3 Å². The van der Waals surface area contributed by atoms with Crippen LogP contribution in [0, 0.1) is 5.92 Å². The summed E-state index contributed by atoms with van der Waals surface area (Å²) < 4.78 is 5.29. The van der Waals surface area contributed by atoms with Gasteiger partial charge in [0.1, 0.15) is 5.75 Å². The lowest BCUT2D eigenvalue weighted by molar-refractivity contribution is -0.124. The zero-order valence-corrected chi connectivity index (χ0v) is 10.0. The van der Waals surface area contributed by atoms with Gasteiger partial charge in [-0.05, 0) is 42.0 Å². The highest BCUT2D eigenvalue weighted by Gasteiger charge is 2.34. The van der Waals surface area contributed by atoms with E-state index in [0.29, 0.717) is 18.3 Å². The van der Waals surface area contributed by atoms with Crippen molar-refractivity contribution in [2.24, 2.45) is 5.92 Å². The molecule has 0 bridgehead atoms. The second-order valence-corrected chi connectivity index (χ2v) is 4.98. The van der Waals surface area contributed by atoms with E-state index in [-0.39, 0.29) is 5.91 Å². The quantitative estimate of drug-likeness (QED) is 0.801. The van der Waals surface area contributed by atoms with Crippen LogP contribution in [0.2, 0.25) is 0 Å². The minimum absolute atomic E-state index is 0.206. The molecule has 3 heteroatoms. The minimum Gasteiger partial charge on any atom is -0.497 e. The number of amides is 1. The van der Waals surface area contributed by atoms with E-state index in [2.05, 4.69) is 17.4 Å². The van der Waals surface area contributed by atoms with E-state index < -0.39 is 0 Å². The molecule has 1 aromatic carbocycles. The molecule has 2 atom stereocenters. The Hall–Kier alpha value is -1.51. The first kappa shape index (κ1) is 10.6. The molecule has 0 radical (unpaired) electrons. The summed E-state index contributed by atoms with van der Waals surface area (Å²) >= 11 is 0. The Bertz CT molecular complexity index is 456. The number of aryl methyl sites for hydroxylation is 1. The number of rotatable bonds is 1. The first-order valence-corrected chi connectivity index (χ1v) is 6.21. The van der Waals surface area contributed by atoms with Crippen LogP contribution in [-0.4, -0.2) is 19.6 Å². The molecular formula is C14H17NO2. The molecule has 1 fully saturated rings. The van der Waals surface area contributed by atoms with Gasteiger partial charge >= 0.3 is 0 Å². The second kappa shape index (κ2) is 4.06. The molecule has 0 saturated carbocycles. The van der Waals surface area contributed by atoms with Gasteiger partial charge in [0, 0.05) is 18.9 Å². The summed E-state index contributed by atoms with van der Waals surface area (Å²) in [7, 11) is 1.70. The number of ether oxygens (including phenoxy) is 1. The van der Waals surface area contributed by atoms with Crippen LogP contribution < -0.4 is 10.1 Å². The monoisotopic (exact) mass is 231 g/mol. The number of carbonyl (C=O) groups excluding carboxylic acids is 1. The normalized spacial score (nSPS) is 26.8. The average Bonchev–Trinajstić information content (AvgIpc) is 2.37. The molecule has 0 aromatic heterocycles. The third kappa shape index (κ3) is 1.79. The molecule has 0 spiro atoms. The van der Waals surface area contributed by atoms with Gasteiger partial charge in [-0.3, -0.25) is 4.79 Å². The number of hydrogen-bond acceptors (Lipinski definition) is 2. The van der Waals surface area contributed by atoms with Crippen molar-refractivity contribution in [1.29, 1.82) is 0 Å². The van der Waals surface area contributed by atoms with Crippen LogP contribution in [0.15, 0.2) is 18.2 Å². The van der Waals surface area contributed by atoms with Gasteiger partial charge in [0.25, 0.3) is 0 Å². The number of piperidine rings is 1. The van der Waals surface area contributed by atoms with Crippen molar-refractivity contribution < 1.29 is 9.53 Å². The summed E-state index contributed by atoms with van der Waals surface area (Å²) in [6, 6.07) is 6.34. The predicted molar refractivity (Wildman–Crippen MR) is 65.2 cm³/mol. The van der Waals surface area contributed by atoms with Crippen LogP contribution in [0.25, 0.3) is 0 Å². The predicted octanol–water partition coefficient (Wildman–Crippen LogP) is 1.86. The first-order valence-electron chi connectivity index (χ1n) is 6.21. The minimum atomic E-state index is 0.206. The van der Waals surface area contributed by atoms with Gasteiger partial charge in [-0.25, -0.2) is 0 Å². The summed E-state index contributed by atoms with van der Waals surface area (Å²) in [5, 5.41) is 2.98. The maximum Gasteiger partial charge on any atom is 0.220 e. The lowest BCUT2D eigenvalue weighted by Gasteiger charge is -2.37. The van der Waals surface area contributed by atoms with Crippen molar-refractivity contribution >= 4 is 5.91 Å². The average molecular weight is 231 g/mol. The van der Waals surface area contributed by atoms with Crippen LogP contribution in [0.1, 0.15) is 29.9 Å². The van der Waals surface area contributed by atoms with E-state index in [4.69, 9.17) is 4.74 Å². The summed E-state index contributed by atoms with van der Waals surface area (Å²) in [6.45, 7) is 0.781. The van der Waals surface area contributed by atoms with E-state index in [9.17, 15) is 4.79 Å². The van der Waals surface area contributed by atoms with Crippen LogP contribution in [-0.2, 0) is 11.2 Å². The van der Waals surface area contributed by atoms with Gasteiger partial charge in [0.15, 0.2) is 0 Å².